The van der Waals surface area contributed by atoms with Crippen molar-refractivity contribution in [2.45, 2.75) is 55.9 Å². The minimum absolute atomic E-state index is 0.0887. The van der Waals surface area contributed by atoms with Crippen molar-refractivity contribution in [3.05, 3.63) is 59.2 Å². The lowest BCUT2D eigenvalue weighted by atomic mass is 9.74. The first-order valence-corrected chi connectivity index (χ1v) is 10.7. The molecule has 0 radical (unpaired) electrons. The average molecular weight is 408 g/mol. The van der Waals surface area contributed by atoms with Gasteiger partial charge in [0.1, 0.15) is 18.2 Å². The Morgan fingerprint density at radius 2 is 2.13 bits per heavy atom. The van der Waals surface area contributed by atoms with Crippen LogP contribution in [-0.4, -0.2) is 47.8 Å². The third-order valence-electron chi connectivity index (χ3n) is 6.93. The van der Waals surface area contributed by atoms with Crippen LogP contribution in [0.2, 0.25) is 0 Å². The predicted molar refractivity (Wildman–Crippen MR) is 112 cm³/mol. The Balaban J connectivity index is 1.35. The van der Waals surface area contributed by atoms with Gasteiger partial charge in [0.05, 0.1) is 0 Å². The zero-order valence-electron chi connectivity index (χ0n) is 17.2. The standard InChI is InChI=1S/C24H28N2O4/c1-26-10-9-24-13-17(29-23(28)18(25)11-15-5-3-2-4-6-15)12-20(24)30-22-19(27)8-7-16(14-26)21(22)24/h2-8,17-18,20,27H,9-14,25H2,1H3/t17-,18+,20+,24-/m1/s1. The maximum absolute atomic E-state index is 12.7. The number of nitrogens with zero attached hydrogens (tertiary/aromatic N) is 1. The van der Waals surface area contributed by atoms with E-state index in [0.29, 0.717) is 25.0 Å². The number of hydrogen-bond acceptors (Lipinski definition) is 6. The molecule has 1 spiro atoms. The van der Waals surface area contributed by atoms with Crippen molar-refractivity contribution in [1.29, 1.82) is 0 Å². The van der Waals surface area contributed by atoms with Crippen LogP contribution in [0.25, 0.3) is 0 Å². The quantitative estimate of drug-likeness (QED) is 0.757. The first kappa shape index (κ1) is 19.4. The molecular formula is C24H28N2O4. The van der Waals surface area contributed by atoms with Crippen molar-refractivity contribution < 1.29 is 19.4 Å². The molecule has 6 heteroatoms. The summed E-state index contributed by atoms with van der Waals surface area (Å²) in [4.78, 5) is 15.0. The number of phenolic OH excluding ortho intramolecular Hbond substituents is 1. The molecule has 2 aromatic carbocycles. The van der Waals surface area contributed by atoms with E-state index in [9.17, 15) is 9.90 Å². The molecule has 0 amide bonds. The number of benzene rings is 2. The predicted octanol–water partition coefficient (Wildman–Crippen LogP) is 2.50. The van der Waals surface area contributed by atoms with E-state index in [1.807, 2.05) is 36.4 Å². The number of aromatic hydroxyl groups is 1. The maximum atomic E-state index is 12.7. The van der Waals surface area contributed by atoms with Gasteiger partial charge in [0.15, 0.2) is 11.5 Å². The number of esters is 1. The fraction of sp³-hybridized carbons (Fsp3) is 0.458. The van der Waals surface area contributed by atoms with Crippen LogP contribution in [0.15, 0.2) is 42.5 Å². The van der Waals surface area contributed by atoms with Crippen molar-refractivity contribution in [3.8, 4) is 11.5 Å². The molecule has 2 aliphatic heterocycles. The Bertz CT molecular complexity index is 963. The highest BCUT2D eigenvalue weighted by atomic mass is 16.6. The lowest BCUT2D eigenvalue weighted by Gasteiger charge is -2.28. The van der Waals surface area contributed by atoms with Crippen LogP contribution >= 0.6 is 0 Å². The third kappa shape index (κ3) is 3.15. The lowest BCUT2D eigenvalue weighted by Crippen LogP contribution is -2.37. The molecule has 3 N–H and O–H groups in total. The minimum atomic E-state index is -0.682. The van der Waals surface area contributed by atoms with Crippen molar-refractivity contribution in [3.63, 3.8) is 0 Å². The molecule has 1 fully saturated rings. The normalized spacial score (nSPS) is 28.2. The van der Waals surface area contributed by atoms with Crippen LogP contribution in [-0.2, 0) is 27.9 Å². The van der Waals surface area contributed by atoms with E-state index >= 15 is 0 Å². The van der Waals surface area contributed by atoms with Gasteiger partial charge in [-0.15, -0.1) is 0 Å². The van der Waals surface area contributed by atoms with Gasteiger partial charge in [-0.1, -0.05) is 36.4 Å². The van der Waals surface area contributed by atoms with Gasteiger partial charge >= 0.3 is 5.97 Å². The van der Waals surface area contributed by atoms with Crippen molar-refractivity contribution in [2.75, 3.05) is 13.6 Å². The molecule has 158 valence electrons. The first-order valence-electron chi connectivity index (χ1n) is 10.7. The topological polar surface area (TPSA) is 85.0 Å². The van der Waals surface area contributed by atoms with Crippen molar-refractivity contribution >= 4 is 5.97 Å². The zero-order valence-corrected chi connectivity index (χ0v) is 17.2. The van der Waals surface area contributed by atoms with Crippen LogP contribution in [0.5, 0.6) is 11.5 Å². The second-order valence-corrected chi connectivity index (χ2v) is 8.99. The monoisotopic (exact) mass is 408 g/mol. The summed E-state index contributed by atoms with van der Waals surface area (Å²) >= 11 is 0. The molecule has 1 aliphatic carbocycles. The average Bonchev–Trinajstić information content (AvgIpc) is 3.17. The summed E-state index contributed by atoms with van der Waals surface area (Å²) in [6.45, 7) is 1.76. The molecule has 2 heterocycles. The third-order valence-corrected chi connectivity index (χ3v) is 6.93. The Kier molecular flexibility index (Phi) is 4.71. The van der Waals surface area contributed by atoms with E-state index < -0.39 is 6.04 Å². The fourth-order valence-corrected chi connectivity index (χ4v) is 5.50. The number of carbonyl (C=O) groups excluding carboxylic acids is 1. The van der Waals surface area contributed by atoms with Gasteiger partial charge < -0.3 is 25.2 Å². The Labute approximate surface area is 176 Å². The summed E-state index contributed by atoms with van der Waals surface area (Å²) in [7, 11) is 2.11. The Morgan fingerprint density at radius 1 is 1.33 bits per heavy atom. The molecule has 4 atom stereocenters. The van der Waals surface area contributed by atoms with E-state index in [1.54, 1.807) is 6.07 Å². The van der Waals surface area contributed by atoms with E-state index in [4.69, 9.17) is 15.2 Å². The molecule has 6 nitrogen and oxygen atoms in total. The molecule has 0 saturated heterocycles. The number of ether oxygens (including phenoxy) is 2. The summed E-state index contributed by atoms with van der Waals surface area (Å²) < 4.78 is 12.1. The SMILES string of the molecule is CN1CC[C@@]23C[C@H](OC(=O)[C@@H](N)Cc4ccccc4)C[C@@H]2Oc2c(O)ccc(c23)C1. The molecule has 0 aromatic heterocycles. The second-order valence-electron chi connectivity index (χ2n) is 8.99. The minimum Gasteiger partial charge on any atom is -0.504 e. The van der Waals surface area contributed by atoms with Gasteiger partial charge in [0.2, 0.25) is 0 Å². The zero-order chi connectivity index (χ0) is 20.9. The Hall–Kier alpha value is -2.57. The molecule has 1 saturated carbocycles. The van der Waals surface area contributed by atoms with Crippen LogP contribution in [0, 0.1) is 0 Å². The number of hydrogen-bond donors (Lipinski definition) is 2. The summed E-state index contributed by atoms with van der Waals surface area (Å²) in [5.74, 6) is 0.464. The molecule has 5 rings (SSSR count). The highest BCUT2D eigenvalue weighted by molar-refractivity contribution is 5.76. The molecular weight excluding hydrogens is 380 g/mol. The van der Waals surface area contributed by atoms with Gasteiger partial charge in [-0.2, -0.15) is 0 Å². The summed E-state index contributed by atoms with van der Waals surface area (Å²) in [6, 6.07) is 12.8. The number of carbonyl (C=O) groups is 1. The number of rotatable bonds is 4. The van der Waals surface area contributed by atoms with Crippen LogP contribution in [0.1, 0.15) is 36.0 Å². The van der Waals surface area contributed by atoms with Gasteiger partial charge in [0.25, 0.3) is 0 Å². The van der Waals surface area contributed by atoms with Gasteiger partial charge in [-0.3, -0.25) is 4.79 Å². The highest BCUT2D eigenvalue weighted by Gasteiger charge is 2.58. The van der Waals surface area contributed by atoms with E-state index in [2.05, 4.69) is 11.9 Å². The molecule has 0 bridgehead atoms. The van der Waals surface area contributed by atoms with E-state index in [-0.39, 0.29) is 29.3 Å². The highest BCUT2D eigenvalue weighted by Crippen LogP contribution is 2.58. The number of nitrogens with two attached hydrogens (primary N) is 1. The molecule has 0 unspecified atom stereocenters. The summed E-state index contributed by atoms with van der Waals surface area (Å²) in [6.07, 6.45) is 2.40. The summed E-state index contributed by atoms with van der Waals surface area (Å²) in [5.41, 5.74) is 9.25. The van der Waals surface area contributed by atoms with Crippen LogP contribution < -0.4 is 10.5 Å². The molecule has 2 aromatic rings. The fourth-order valence-electron chi connectivity index (χ4n) is 5.50. The van der Waals surface area contributed by atoms with Crippen molar-refractivity contribution in [1.82, 2.24) is 4.90 Å². The molecule has 30 heavy (non-hydrogen) atoms. The van der Waals surface area contributed by atoms with Gasteiger partial charge in [-0.25, -0.2) is 0 Å². The van der Waals surface area contributed by atoms with Crippen molar-refractivity contribution in [2.24, 2.45) is 5.73 Å². The smallest absolute Gasteiger partial charge is 0.323 e. The van der Waals surface area contributed by atoms with Gasteiger partial charge in [-0.05, 0) is 50.0 Å². The first-order chi connectivity index (χ1) is 14.5. The molecule has 3 aliphatic rings. The van der Waals surface area contributed by atoms with Crippen LogP contribution in [0.4, 0.5) is 0 Å². The second kappa shape index (κ2) is 7.29. The largest absolute Gasteiger partial charge is 0.504 e. The van der Waals surface area contributed by atoms with Gasteiger partial charge in [0, 0.05) is 23.9 Å². The van der Waals surface area contributed by atoms with E-state index in [0.717, 1.165) is 30.6 Å². The van der Waals surface area contributed by atoms with E-state index in [1.165, 1.54) is 5.56 Å². The lowest BCUT2D eigenvalue weighted by molar-refractivity contribution is -0.150. The number of phenols is 1. The summed E-state index contributed by atoms with van der Waals surface area (Å²) in [5, 5.41) is 10.4. The maximum Gasteiger partial charge on any atom is 0.323 e. The van der Waals surface area contributed by atoms with Crippen LogP contribution in [0.3, 0.4) is 0 Å². The Morgan fingerprint density at radius 3 is 2.93 bits per heavy atom.